The van der Waals surface area contributed by atoms with Gasteiger partial charge in [-0.2, -0.15) is 0 Å². The molecule has 2 rings (SSSR count). The molecule has 0 fully saturated rings. The average Bonchev–Trinajstić information content (AvgIpc) is 2.63. The molecule has 6 heteroatoms. The molecule has 0 atom stereocenters. The number of nitrogens with one attached hydrogen (secondary N) is 1. The minimum Gasteiger partial charge on any atom is -0.341 e. The second-order valence-corrected chi connectivity index (χ2v) is 7.65. The Morgan fingerprint density at radius 1 is 1.00 bits per heavy atom. The van der Waals surface area contributed by atoms with Crippen molar-refractivity contribution in [1.29, 1.82) is 0 Å². The number of hydrogen-bond acceptors (Lipinski definition) is 3. The van der Waals surface area contributed by atoms with Gasteiger partial charge in [0.05, 0.1) is 4.90 Å². The highest BCUT2D eigenvalue weighted by Gasteiger charge is 2.15. The number of hydrogen-bond donors (Lipinski definition) is 1. The normalized spacial score (nSPS) is 11.3. The Kier molecular flexibility index (Phi) is 6.73. The van der Waals surface area contributed by atoms with Crippen molar-refractivity contribution in [2.75, 3.05) is 13.6 Å². The third kappa shape index (κ3) is 5.69. The van der Waals surface area contributed by atoms with E-state index in [1.807, 2.05) is 12.1 Å². The lowest BCUT2D eigenvalue weighted by Crippen LogP contribution is -2.31. The molecular weight excluding hydrogens is 336 g/mol. The molecule has 1 amide bonds. The molecule has 0 unspecified atom stereocenters. The summed E-state index contributed by atoms with van der Waals surface area (Å²) in [4.78, 5) is 14.0. The predicted molar refractivity (Wildman–Crippen MR) is 98.5 cm³/mol. The van der Waals surface area contributed by atoms with E-state index in [9.17, 15) is 13.2 Å². The van der Waals surface area contributed by atoms with Crippen LogP contribution in [0, 0.1) is 0 Å². The third-order valence-corrected chi connectivity index (χ3v) is 5.44. The molecule has 0 aromatic heterocycles. The fraction of sp³-hybridized carbons (Fsp3) is 0.316. The average molecular weight is 360 g/mol. The van der Waals surface area contributed by atoms with Crippen molar-refractivity contribution >= 4 is 15.9 Å². The molecule has 0 bridgehead atoms. The number of aryl methyl sites for hydroxylation is 1. The molecule has 0 aliphatic heterocycles. The van der Waals surface area contributed by atoms with Gasteiger partial charge in [-0.15, -0.1) is 0 Å². The second kappa shape index (κ2) is 8.78. The number of benzene rings is 2. The van der Waals surface area contributed by atoms with Crippen molar-refractivity contribution in [3.05, 3.63) is 65.7 Å². The standard InChI is InChI=1S/C19H24N2O3S/c1-3-16-9-11-17(12-10-16)15-21(2)19(22)13-14-20-25(23,24)18-7-5-4-6-8-18/h4-12,20H,3,13-15H2,1-2H3. The van der Waals surface area contributed by atoms with Gasteiger partial charge in [-0.1, -0.05) is 49.4 Å². The van der Waals surface area contributed by atoms with E-state index in [-0.39, 0.29) is 23.8 Å². The smallest absolute Gasteiger partial charge is 0.240 e. The van der Waals surface area contributed by atoms with Crippen LogP contribution < -0.4 is 4.72 Å². The van der Waals surface area contributed by atoms with Crippen molar-refractivity contribution in [1.82, 2.24) is 9.62 Å². The zero-order chi connectivity index (χ0) is 18.3. The SMILES string of the molecule is CCc1ccc(CN(C)C(=O)CCNS(=O)(=O)c2ccccc2)cc1. The summed E-state index contributed by atoms with van der Waals surface area (Å²) in [6, 6.07) is 16.3. The first-order chi connectivity index (χ1) is 11.9. The maximum atomic E-state index is 12.2. The Morgan fingerprint density at radius 2 is 1.60 bits per heavy atom. The number of sulfonamides is 1. The van der Waals surface area contributed by atoms with Gasteiger partial charge in [0, 0.05) is 26.6 Å². The van der Waals surface area contributed by atoms with Crippen LogP contribution in [-0.4, -0.2) is 32.8 Å². The molecule has 0 saturated carbocycles. The van der Waals surface area contributed by atoms with Crippen LogP contribution in [0.5, 0.6) is 0 Å². The molecular formula is C19H24N2O3S. The van der Waals surface area contributed by atoms with E-state index >= 15 is 0 Å². The molecule has 0 heterocycles. The van der Waals surface area contributed by atoms with Crippen LogP contribution in [0.4, 0.5) is 0 Å². The number of nitrogens with zero attached hydrogens (tertiary/aromatic N) is 1. The highest BCUT2D eigenvalue weighted by molar-refractivity contribution is 7.89. The van der Waals surface area contributed by atoms with Crippen LogP contribution in [0.1, 0.15) is 24.5 Å². The van der Waals surface area contributed by atoms with Crippen molar-refractivity contribution in [3.8, 4) is 0 Å². The zero-order valence-corrected chi connectivity index (χ0v) is 15.4. The molecule has 0 aliphatic carbocycles. The molecule has 0 radical (unpaired) electrons. The topological polar surface area (TPSA) is 66.5 Å². The highest BCUT2D eigenvalue weighted by Crippen LogP contribution is 2.09. The van der Waals surface area contributed by atoms with Crippen LogP contribution in [0.25, 0.3) is 0 Å². The molecule has 2 aromatic rings. The molecule has 0 saturated heterocycles. The van der Waals surface area contributed by atoms with Gasteiger partial charge in [-0.3, -0.25) is 4.79 Å². The quantitative estimate of drug-likeness (QED) is 0.787. The lowest BCUT2D eigenvalue weighted by molar-refractivity contribution is -0.130. The highest BCUT2D eigenvalue weighted by atomic mass is 32.2. The lowest BCUT2D eigenvalue weighted by Gasteiger charge is -2.17. The Balaban J connectivity index is 1.83. The fourth-order valence-electron chi connectivity index (χ4n) is 2.41. The molecule has 0 aliphatic rings. The van der Waals surface area contributed by atoms with Gasteiger partial charge in [0.2, 0.25) is 15.9 Å². The summed E-state index contributed by atoms with van der Waals surface area (Å²) in [6.07, 6.45) is 1.10. The summed E-state index contributed by atoms with van der Waals surface area (Å²) >= 11 is 0. The molecule has 25 heavy (non-hydrogen) atoms. The Labute approximate surface area is 149 Å². The van der Waals surface area contributed by atoms with Gasteiger partial charge in [0.1, 0.15) is 0 Å². The first kappa shape index (κ1) is 19.1. The van der Waals surface area contributed by atoms with E-state index in [4.69, 9.17) is 0 Å². The van der Waals surface area contributed by atoms with Crippen LogP contribution >= 0.6 is 0 Å². The third-order valence-electron chi connectivity index (χ3n) is 3.96. The number of carbonyl (C=O) groups excluding carboxylic acids is 1. The summed E-state index contributed by atoms with van der Waals surface area (Å²) in [5, 5.41) is 0. The van der Waals surface area contributed by atoms with Gasteiger partial charge in [-0.05, 0) is 29.7 Å². The van der Waals surface area contributed by atoms with Crippen LogP contribution in [-0.2, 0) is 27.8 Å². The second-order valence-electron chi connectivity index (χ2n) is 5.88. The summed E-state index contributed by atoms with van der Waals surface area (Å²) in [6.45, 7) is 2.69. The van der Waals surface area contributed by atoms with Crippen molar-refractivity contribution in [2.24, 2.45) is 0 Å². The zero-order valence-electron chi connectivity index (χ0n) is 14.6. The van der Waals surface area contributed by atoms with Gasteiger partial charge >= 0.3 is 0 Å². The van der Waals surface area contributed by atoms with E-state index < -0.39 is 10.0 Å². The summed E-state index contributed by atoms with van der Waals surface area (Å²) < 4.78 is 26.7. The molecule has 2 aromatic carbocycles. The maximum absolute atomic E-state index is 12.2. The molecule has 1 N–H and O–H groups in total. The van der Waals surface area contributed by atoms with Crippen molar-refractivity contribution < 1.29 is 13.2 Å². The lowest BCUT2D eigenvalue weighted by atomic mass is 10.1. The predicted octanol–water partition coefficient (Wildman–Crippen LogP) is 2.58. The van der Waals surface area contributed by atoms with Gasteiger partial charge in [0.15, 0.2) is 0 Å². The Hall–Kier alpha value is -2.18. The van der Waals surface area contributed by atoms with Gasteiger partial charge in [-0.25, -0.2) is 13.1 Å². The van der Waals surface area contributed by atoms with Crippen molar-refractivity contribution in [2.45, 2.75) is 31.2 Å². The first-order valence-corrected chi connectivity index (χ1v) is 9.77. The van der Waals surface area contributed by atoms with Crippen LogP contribution in [0.2, 0.25) is 0 Å². The van der Waals surface area contributed by atoms with Crippen LogP contribution in [0.3, 0.4) is 0 Å². The first-order valence-electron chi connectivity index (χ1n) is 8.29. The molecule has 0 spiro atoms. The Bertz CT molecular complexity index is 787. The Morgan fingerprint density at radius 3 is 2.20 bits per heavy atom. The van der Waals surface area contributed by atoms with E-state index in [1.54, 1.807) is 30.1 Å². The minimum absolute atomic E-state index is 0.0785. The van der Waals surface area contributed by atoms with E-state index in [2.05, 4.69) is 23.8 Å². The number of rotatable bonds is 8. The van der Waals surface area contributed by atoms with E-state index in [1.165, 1.54) is 17.7 Å². The maximum Gasteiger partial charge on any atom is 0.240 e. The largest absolute Gasteiger partial charge is 0.341 e. The van der Waals surface area contributed by atoms with E-state index in [0.29, 0.717) is 6.54 Å². The fourth-order valence-corrected chi connectivity index (χ4v) is 3.46. The molecule has 5 nitrogen and oxygen atoms in total. The number of amides is 1. The van der Waals surface area contributed by atoms with E-state index in [0.717, 1.165) is 12.0 Å². The molecule has 134 valence electrons. The minimum atomic E-state index is -3.57. The summed E-state index contributed by atoms with van der Waals surface area (Å²) in [5.74, 6) is -0.102. The van der Waals surface area contributed by atoms with Gasteiger partial charge in [0.25, 0.3) is 0 Å². The summed E-state index contributed by atoms with van der Waals surface area (Å²) in [7, 11) is -1.85. The monoisotopic (exact) mass is 360 g/mol. The van der Waals surface area contributed by atoms with Crippen molar-refractivity contribution in [3.63, 3.8) is 0 Å². The number of carbonyl (C=O) groups is 1. The summed E-state index contributed by atoms with van der Waals surface area (Å²) in [5.41, 5.74) is 2.31. The van der Waals surface area contributed by atoms with Gasteiger partial charge < -0.3 is 4.90 Å². The van der Waals surface area contributed by atoms with Crippen LogP contribution in [0.15, 0.2) is 59.5 Å².